The summed E-state index contributed by atoms with van der Waals surface area (Å²) in [6.07, 6.45) is -5.08. The number of hydroxylamine groups is 2. The van der Waals surface area contributed by atoms with E-state index in [1.807, 2.05) is 42.5 Å². The molecule has 1 N–H and O–H groups in total. The van der Waals surface area contributed by atoms with Gasteiger partial charge < -0.3 is 9.84 Å². The summed E-state index contributed by atoms with van der Waals surface area (Å²) in [5.41, 5.74) is 3.83. The zero-order valence-electron chi connectivity index (χ0n) is 14.4. The molecule has 1 aliphatic heterocycles. The lowest BCUT2D eigenvalue weighted by Gasteiger charge is -2.11. The molecule has 0 fully saturated rings. The van der Waals surface area contributed by atoms with Crippen LogP contribution in [0, 0.1) is 0 Å². The number of carboxylic acids is 1. The van der Waals surface area contributed by atoms with Crippen molar-refractivity contribution < 1.29 is 37.4 Å². The molecule has 1 heterocycles. The number of carboxylic acid groups (broad SMARTS) is 1. The first-order chi connectivity index (χ1) is 12.7. The molecule has 3 rings (SSSR count). The Bertz CT molecular complexity index is 834. The molecule has 0 bridgehead atoms. The fourth-order valence-electron chi connectivity index (χ4n) is 2.50. The van der Waals surface area contributed by atoms with E-state index >= 15 is 0 Å². The summed E-state index contributed by atoms with van der Waals surface area (Å²) in [6.45, 7) is 0.479. The number of halogens is 3. The van der Waals surface area contributed by atoms with E-state index < -0.39 is 12.1 Å². The first-order valence-corrected chi connectivity index (χ1v) is 7.61. The Kier molecular flexibility index (Phi) is 6.06. The van der Waals surface area contributed by atoms with Crippen molar-refractivity contribution in [2.75, 3.05) is 14.2 Å². The van der Waals surface area contributed by atoms with Crippen molar-refractivity contribution in [3.8, 4) is 16.9 Å². The van der Waals surface area contributed by atoms with E-state index in [9.17, 15) is 18.0 Å². The molecule has 2 aromatic carbocycles. The van der Waals surface area contributed by atoms with Gasteiger partial charge in [-0.3, -0.25) is 9.63 Å². The highest BCUT2D eigenvalue weighted by atomic mass is 19.4. The summed E-state index contributed by atoms with van der Waals surface area (Å²) >= 11 is 0. The molecule has 0 saturated carbocycles. The number of ether oxygens (including phenoxy) is 1. The number of aliphatic carboxylic acids is 1. The number of nitrogens with zero attached hydrogens (tertiary/aromatic N) is 1. The summed E-state index contributed by atoms with van der Waals surface area (Å²) in [5.74, 6) is -2.03. The van der Waals surface area contributed by atoms with Crippen LogP contribution in [0.5, 0.6) is 5.75 Å². The van der Waals surface area contributed by atoms with Crippen LogP contribution in [0.25, 0.3) is 11.1 Å². The standard InChI is InChI=1S/C16H15NO3.C2HF3O2/c1-19-12-8-6-11(7-9-12)13-4-3-5-14-15(13)10-17(20-2)16(14)18;3-2(4,5)1(6)7/h3-9H,10H2,1-2H3;(H,6,7). The van der Waals surface area contributed by atoms with Crippen LogP contribution in [-0.4, -0.2) is 42.4 Å². The minimum atomic E-state index is -5.08. The van der Waals surface area contributed by atoms with E-state index in [1.54, 1.807) is 7.11 Å². The average molecular weight is 383 g/mol. The Labute approximate surface area is 152 Å². The first-order valence-electron chi connectivity index (χ1n) is 7.61. The van der Waals surface area contributed by atoms with Crippen molar-refractivity contribution in [2.45, 2.75) is 12.7 Å². The van der Waals surface area contributed by atoms with Crippen LogP contribution in [-0.2, 0) is 16.2 Å². The number of amides is 1. The van der Waals surface area contributed by atoms with Gasteiger partial charge in [0.2, 0.25) is 0 Å². The highest BCUT2D eigenvalue weighted by Gasteiger charge is 2.38. The number of alkyl halides is 3. The highest BCUT2D eigenvalue weighted by molar-refractivity contribution is 5.99. The number of carbonyl (C=O) groups excluding carboxylic acids is 1. The molecule has 1 amide bonds. The molecule has 27 heavy (non-hydrogen) atoms. The number of carbonyl (C=O) groups is 2. The van der Waals surface area contributed by atoms with Crippen LogP contribution in [0.4, 0.5) is 13.2 Å². The molecule has 0 atom stereocenters. The van der Waals surface area contributed by atoms with Crippen LogP contribution in [0.1, 0.15) is 15.9 Å². The molecule has 2 aromatic rings. The van der Waals surface area contributed by atoms with E-state index in [4.69, 9.17) is 19.5 Å². The summed E-state index contributed by atoms with van der Waals surface area (Å²) in [5, 5.41) is 8.50. The Morgan fingerprint density at radius 2 is 1.63 bits per heavy atom. The SMILES string of the molecule is COc1ccc(-c2cccc3c2CN(OC)C3=O)cc1.O=C(O)C(F)(F)F. The minimum Gasteiger partial charge on any atom is -0.497 e. The molecule has 0 aromatic heterocycles. The predicted octanol–water partition coefficient (Wildman–Crippen LogP) is 3.51. The van der Waals surface area contributed by atoms with Gasteiger partial charge in [-0.2, -0.15) is 13.2 Å². The molecule has 1 aliphatic rings. The normalized spacial score (nSPS) is 12.9. The van der Waals surface area contributed by atoms with Gasteiger partial charge in [-0.15, -0.1) is 0 Å². The second-order valence-electron chi connectivity index (χ2n) is 5.39. The fraction of sp³-hybridized carbons (Fsp3) is 0.222. The van der Waals surface area contributed by atoms with E-state index in [0.29, 0.717) is 12.1 Å². The Hall–Kier alpha value is -3.07. The van der Waals surface area contributed by atoms with Crippen LogP contribution < -0.4 is 4.74 Å². The second kappa shape index (κ2) is 8.09. The van der Waals surface area contributed by atoms with E-state index in [0.717, 1.165) is 22.4 Å². The van der Waals surface area contributed by atoms with Gasteiger partial charge in [-0.25, -0.2) is 9.86 Å². The molecule has 0 spiro atoms. The average Bonchev–Trinajstić information content (AvgIpc) is 2.98. The molecule has 0 radical (unpaired) electrons. The van der Waals surface area contributed by atoms with Gasteiger partial charge in [0.1, 0.15) is 5.75 Å². The van der Waals surface area contributed by atoms with Crippen LogP contribution in [0.3, 0.4) is 0 Å². The zero-order valence-corrected chi connectivity index (χ0v) is 14.4. The van der Waals surface area contributed by atoms with Gasteiger partial charge in [0.05, 0.1) is 20.8 Å². The topological polar surface area (TPSA) is 76.1 Å². The van der Waals surface area contributed by atoms with E-state index in [2.05, 4.69) is 0 Å². The maximum Gasteiger partial charge on any atom is 0.490 e. The molecule has 0 saturated heterocycles. The number of benzene rings is 2. The van der Waals surface area contributed by atoms with Gasteiger partial charge in [-0.1, -0.05) is 24.3 Å². The molecule has 144 valence electrons. The van der Waals surface area contributed by atoms with Gasteiger partial charge in [-0.05, 0) is 34.9 Å². The summed E-state index contributed by atoms with van der Waals surface area (Å²) < 4.78 is 36.9. The lowest BCUT2D eigenvalue weighted by Crippen LogP contribution is -2.21. The van der Waals surface area contributed by atoms with Gasteiger partial charge in [0, 0.05) is 5.56 Å². The highest BCUT2D eigenvalue weighted by Crippen LogP contribution is 2.33. The lowest BCUT2D eigenvalue weighted by molar-refractivity contribution is -0.192. The van der Waals surface area contributed by atoms with Gasteiger partial charge >= 0.3 is 12.1 Å². The number of hydrogen-bond acceptors (Lipinski definition) is 4. The Morgan fingerprint density at radius 1 is 1.07 bits per heavy atom. The van der Waals surface area contributed by atoms with E-state index in [1.165, 1.54) is 12.2 Å². The molecular weight excluding hydrogens is 367 g/mol. The van der Waals surface area contributed by atoms with Crippen molar-refractivity contribution in [3.05, 3.63) is 53.6 Å². The zero-order chi connectivity index (χ0) is 20.2. The predicted molar refractivity (Wildman–Crippen MR) is 89.0 cm³/mol. The smallest absolute Gasteiger partial charge is 0.490 e. The maximum atomic E-state index is 12.1. The molecule has 0 unspecified atom stereocenters. The summed E-state index contributed by atoms with van der Waals surface area (Å²) in [7, 11) is 3.15. The third kappa shape index (κ3) is 4.56. The molecular formula is C18H16F3NO5. The van der Waals surface area contributed by atoms with Gasteiger partial charge in [0.25, 0.3) is 5.91 Å². The largest absolute Gasteiger partial charge is 0.497 e. The maximum absolute atomic E-state index is 12.1. The number of rotatable bonds is 3. The third-order valence-corrected chi connectivity index (χ3v) is 3.80. The van der Waals surface area contributed by atoms with Crippen molar-refractivity contribution in [3.63, 3.8) is 0 Å². The number of hydrogen-bond donors (Lipinski definition) is 1. The van der Waals surface area contributed by atoms with Crippen LogP contribution >= 0.6 is 0 Å². The first kappa shape index (κ1) is 20.2. The molecule has 9 heteroatoms. The Morgan fingerprint density at radius 3 is 2.11 bits per heavy atom. The lowest BCUT2D eigenvalue weighted by atomic mass is 9.97. The molecule has 0 aliphatic carbocycles. The fourth-order valence-corrected chi connectivity index (χ4v) is 2.50. The van der Waals surface area contributed by atoms with Crippen LogP contribution in [0.15, 0.2) is 42.5 Å². The summed E-state index contributed by atoms with van der Waals surface area (Å²) in [6, 6.07) is 13.6. The van der Waals surface area contributed by atoms with Gasteiger partial charge in [0.15, 0.2) is 0 Å². The van der Waals surface area contributed by atoms with Crippen molar-refractivity contribution in [1.82, 2.24) is 5.06 Å². The number of methoxy groups -OCH3 is 1. The third-order valence-electron chi connectivity index (χ3n) is 3.80. The second-order valence-corrected chi connectivity index (χ2v) is 5.39. The van der Waals surface area contributed by atoms with E-state index in [-0.39, 0.29) is 5.91 Å². The van der Waals surface area contributed by atoms with Crippen molar-refractivity contribution >= 4 is 11.9 Å². The number of fused-ring (bicyclic) bond motifs is 1. The Balaban J connectivity index is 0.000000321. The summed E-state index contributed by atoms with van der Waals surface area (Å²) in [4.78, 5) is 26.1. The van der Waals surface area contributed by atoms with Crippen molar-refractivity contribution in [1.29, 1.82) is 0 Å². The quantitative estimate of drug-likeness (QED) is 0.878. The molecule has 6 nitrogen and oxygen atoms in total. The minimum absolute atomic E-state index is 0.0853. The van der Waals surface area contributed by atoms with Crippen LogP contribution in [0.2, 0.25) is 0 Å². The monoisotopic (exact) mass is 383 g/mol. The van der Waals surface area contributed by atoms with Crippen molar-refractivity contribution in [2.24, 2.45) is 0 Å².